The molecule has 186 valence electrons. The summed E-state index contributed by atoms with van der Waals surface area (Å²) in [4.78, 5) is 25.3. The fraction of sp³-hybridized carbons (Fsp3) is 0.462. The van der Waals surface area contributed by atoms with Gasteiger partial charge in [-0.1, -0.05) is 60.7 Å². The molecule has 2 atom stereocenters. The number of amides is 2. The molecule has 0 aliphatic rings. The van der Waals surface area contributed by atoms with E-state index in [1.165, 1.54) is 5.01 Å². The highest BCUT2D eigenvalue weighted by atomic mass is 16.6. The number of hydrogen-bond acceptors (Lipinski definition) is 6. The Balaban J connectivity index is 2.11. The first-order valence-electron chi connectivity index (χ1n) is 11.5. The number of alkyl carbamates (subject to hydrolysis) is 1. The Morgan fingerprint density at radius 1 is 0.971 bits per heavy atom. The van der Waals surface area contributed by atoms with Crippen LogP contribution in [0.15, 0.2) is 60.7 Å². The lowest BCUT2D eigenvalue weighted by molar-refractivity contribution is -0.00683. The van der Waals surface area contributed by atoms with E-state index >= 15 is 0 Å². The van der Waals surface area contributed by atoms with Gasteiger partial charge < -0.3 is 19.9 Å². The topological polar surface area (TPSA) is 100 Å². The van der Waals surface area contributed by atoms with E-state index in [9.17, 15) is 14.7 Å². The molecule has 8 nitrogen and oxygen atoms in total. The van der Waals surface area contributed by atoms with Crippen molar-refractivity contribution in [2.75, 3.05) is 6.54 Å². The summed E-state index contributed by atoms with van der Waals surface area (Å²) in [6, 6.07) is 18.1. The Morgan fingerprint density at radius 3 is 2.06 bits per heavy atom. The minimum absolute atomic E-state index is 0.0731. The first kappa shape index (κ1) is 27.1. The molecule has 0 saturated heterocycles. The summed E-state index contributed by atoms with van der Waals surface area (Å²) in [5.41, 5.74) is 4.10. The molecule has 0 aliphatic heterocycles. The fourth-order valence-electron chi connectivity index (χ4n) is 3.19. The molecule has 0 aliphatic carbocycles. The Bertz CT molecular complexity index is 884. The van der Waals surface area contributed by atoms with Crippen molar-refractivity contribution in [2.45, 2.75) is 71.4 Å². The fourth-order valence-corrected chi connectivity index (χ4v) is 3.19. The van der Waals surface area contributed by atoms with Crippen LogP contribution in [0.4, 0.5) is 9.59 Å². The number of carbonyl (C=O) groups is 2. The number of rotatable bonds is 10. The van der Waals surface area contributed by atoms with E-state index < -0.39 is 29.9 Å². The molecule has 0 unspecified atom stereocenters. The van der Waals surface area contributed by atoms with Crippen LogP contribution in [0, 0.1) is 0 Å². The first-order chi connectivity index (χ1) is 16.0. The average molecular weight is 472 g/mol. The summed E-state index contributed by atoms with van der Waals surface area (Å²) < 4.78 is 10.8. The Morgan fingerprint density at radius 2 is 1.53 bits per heavy atom. The van der Waals surface area contributed by atoms with Crippen molar-refractivity contribution >= 4 is 12.2 Å². The van der Waals surface area contributed by atoms with Crippen LogP contribution in [0.1, 0.15) is 45.7 Å². The van der Waals surface area contributed by atoms with Gasteiger partial charge in [0.2, 0.25) is 0 Å². The van der Waals surface area contributed by atoms with Gasteiger partial charge in [0.1, 0.15) is 12.2 Å². The lowest BCUT2D eigenvalue weighted by Crippen LogP contribution is -2.56. The first-order valence-corrected chi connectivity index (χ1v) is 11.5. The highest BCUT2D eigenvalue weighted by Crippen LogP contribution is 2.12. The second-order valence-corrected chi connectivity index (χ2v) is 9.44. The van der Waals surface area contributed by atoms with Gasteiger partial charge in [-0.25, -0.2) is 20.0 Å². The molecule has 0 spiro atoms. The van der Waals surface area contributed by atoms with E-state index in [1.54, 1.807) is 20.8 Å². The predicted molar refractivity (Wildman–Crippen MR) is 131 cm³/mol. The number of hydrazine groups is 1. The van der Waals surface area contributed by atoms with E-state index in [4.69, 9.17) is 9.47 Å². The van der Waals surface area contributed by atoms with Crippen molar-refractivity contribution in [3.8, 4) is 0 Å². The van der Waals surface area contributed by atoms with Gasteiger partial charge in [-0.2, -0.15) is 0 Å². The molecule has 8 heteroatoms. The molecular formula is C26H37N3O5. The van der Waals surface area contributed by atoms with Gasteiger partial charge in [-0.3, -0.25) is 0 Å². The smallest absolute Gasteiger partial charge is 0.424 e. The van der Waals surface area contributed by atoms with Crippen LogP contribution in [-0.2, 0) is 22.5 Å². The number of aliphatic hydroxyl groups excluding tert-OH is 1. The van der Waals surface area contributed by atoms with Crippen LogP contribution in [0.2, 0.25) is 0 Å². The normalized spacial score (nSPS) is 13.1. The van der Waals surface area contributed by atoms with E-state index in [0.717, 1.165) is 11.1 Å². The minimum atomic E-state index is -1.09. The van der Waals surface area contributed by atoms with Gasteiger partial charge in [0, 0.05) is 6.04 Å². The molecule has 0 bridgehead atoms. The van der Waals surface area contributed by atoms with E-state index in [2.05, 4.69) is 10.7 Å². The van der Waals surface area contributed by atoms with Crippen LogP contribution in [0.3, 0.4) is 0 Å². The van der Waals surface area contributed by atoms with Crippen molar-refractivity contribution in [3.05, 3.63) is 71.8 Å². The van der Waals surface area contributed by atoms with Crippen LogP contribution in [-0.4, -0.2) is 52.6 Å². The third-order valence-corrected chi connectivity index (χ3v) is 4.68. The summed E-state index contributed by atoms with van der Waals surface area (Å²) >= 11 is 0. The van der Waals surface area contributed by atoms with Crippen LogP contribution < -0.4 is 10.7 Å². The Labute approximate surface area is 202 Å². The largest absolute Gasteiger partial charge is 0.445 e. The third-order valence-electron chi connectivity index (χ3n) is 4.68. The monoisotopic (exact) mass is 471 g/mol. The lowest BCUT2D eigenvalue weighted by atomic mass is 10.0. The molecule has 0 saturated carbocycles. The number of aliphatic hydroxyl groups is 1. The number of nitrogens with zero attached hydrogens (tertiary/aromatic N) is 1. The third kappa shape index (κ3) is 10.2. The number of ether oxygens (including phenoxy) is 2. The number of carbonyl (C=O) groups excluding carboxylic acids is 2. The van der Waals surface area contributed by atoms with Crippen molar-refractivity contribution in [2.24, 2.45) is 0 Å². The number of hydrogen-bond donors (Lipinski definition) is 3. The number of nitrogens with one attached hydrogen (secondary N) is 2. The van der Waals surface area contributed by atoms with Gasteiger partial charge in [0.15, 0.2) is 0 Å². The second kappa shape index (κ2) is 13.0. The minimum Gasteiger partial charge on any atom is -0.445 e. The van der Waals surface area contributed by atoms with E-state index in [0.29, 0.717) is 6.42 Å². The molecule has 34 heavy (non-hydrogen) atoms. The predicted octanol–water partition coefficient (Wildman–Crippen LogP) is 4.04. The van der Waals surface area contributed by atoms with Gasteiger partial charge in [0.25, 0.3) is 0 Å². The zero-order valence-corrected chi connectivity index (χ0v) is 20.7. The van der Waals surface area contributed by atoms with Gasteiger partial charge in [0.05, 0.1) is 18.7 Å². The van der Waals surface area contributed by atoms with Gasteiger partial charge in [-0.05, 0) is 52.2 Å². The summed E-state index contributed by atoms with van der Waals surface area (Å²) in [5, 5.41) is 15.1. The lowest BCUT2D eigenvalue weighted by Gasteiger charge is -2.32. The number of benzene rings is 2. The zero-order chi connectivity index (χ0) is 25.1. The average Bonchev–Trinajstić information content (AvgIpc) is 2.76. The molecule has 2 aromatic rings. The molecule has 2 amide bonds. The molecule has 0 aromatic heterocycles. The molecule has 0 heterocycles. The standard InChI is InChI=1S/C26H37N3O5/c1-19(2)28-29(25(32)34-26(3,4)5)17-23(30)22(16-20-12-8-6-9-13-20)27-24(31)33-18-21-14-10-7-11-15-21/h6-15,19,22-23,28,30H,16-18H2,1-5H3,(H,27,31)/t22-,23-/m0/s1. The Hall–Kier alpha value is -3.10. The van der Waals surface area contributed by atoms with E-state index in [1.807, 2.05) is 74.5 Å². The van der Waals surface area contributed by atoms with Gasteiger partial charge >= 0.3 is 12.2 Å². The van der Waals surface area contributed by atoms with Crippen LogP contribution >= 0.6 is 0 Å². The van der Waals surface area contributed by atoms with Crippen molar-refractivity contribution in [1.29, 1.82) is 0 Å². The molecule has 0 fully saturated rings. The maximum absolute atomic E-state index is 12.7. The Kier molecular flexibility index (Phi) is 10.3. The summed E-state index contributed by atoms with van der Waals surface area (Å²) in [6.45, 7) is 9.10. The highest BCUT2D eigenvalue weighted by Gasteiger charge is 2.29. The summed E-state index contributed by atoms with van der Waals surface area (Å²) in [7, 11) is 0. The van der Waals surface area contributed by atoms with E-state index in [-0.39, 0.29) is 19.2 Å². The zero-order valence-electron chi connectivity index (χ0n) is 20.7. The maximum Gasteiger partial charge on any atom is 0.424 e. The second-order valence-electron chi connectivity index (χ2n) is 9.44. The summed E-state index contributed by atoms with van der Waals surface area (Å²) in [5.74, 6) is 0. The SMILES string of the molecule is CC(C)NN(C[C@H](O)[C@H](Cc1ccccc1)NC(=O)OCc1ccccc1)C(=O)OC(C)(C)C. The van der Waals surface area contributed by atoms with Crippen molar-refractivity contribution in [3.63, 3.8) is 0 Å². The molecule has 2 rings (SSSR count). The highest BCUT2D eigenvalue weighted by molar-refractivity contribution is 5.68. The maximum atomic E-state index is 12.7. The molecule has 2 aromatic carbocycles. The van der Waals surface area contributed by atoms with Crippen molar-refractivity contribution < 1.29 is 24.2 Å². The molecular weight excluding hydrogens is 434 g/mol. The van der Waals surface area contributed by atoms with Crippen molar-refractivity contribution in [1.82, 2.24) is 15.8 Å². The van der Waals surface area contributed by atoms with Gasteiger partial charge in [-0.15, -0.1) is 0 Å². The van der Waals surface area contributed by atoms with Crippen LogP contribution in [0.5, 0.6) is 0 Å². The quantitative estimate of drug-likeness (QED) is 0.452. The van der Waals surface area contributed by atoms with Crippen LogP contribution in [0.25, 0.3) is 0 Å². The summed E-state index contributed by atoms with van der Waals surface area (Å²) in [6.07, 6.45) is -2.00. The molecule has 3 N–H and O–H groups in total. The molecule has 0 radical (unpaired) electrons.